The molecular formula is C28H26N2O3. The minimum absolute atomic E-state index is 0.217. The summed E-state index contributed by atoms with van der Waals surface area (Å²) < 4.78 is 6.08. The molecule has 33 heavy (non-hydrogen) atoms. The first kappa shape index (κ1) is 21.2. The number of ether oxygens (including phenoxy) is 1. The summed E-state index contributed by atoms with van der Waals surface area (Å²) in [6.45, 7) is 1.21. The number of fused-ring (bicyclic) bond motifs is 1. The molecule has 0 aliphatic carbocycles. The predicted octanol–water partition coefficient (Wildman–Crippen LogP) is 5.45. The number of carboxylic acid groups (broad SMARTS) is 1. The van der Waals surface area contributed by atoms with Crippen molar-refractivity contribution in [3.63, 3.8) is 0 Å². The zero-order valence-corrected chi connectivity index (χ0v) is 18.3. The van der Waals surface area contributed by atoms with E-state index >= 15 is 0 Å². The molecule has 1 N–H and O–H groups in total. The Hall–Kier alpha value is -3.70. The summed E-state index contributed by atoms with van der Waals surface area (Å²) in [6, 6.07) is 27.4. The van der Waals surface area contributed by atoms with Gasteiger partial charge in [0.15, 0.2) is 0 Å². The van der Waals surface area contributed by atoms with Crippen molar-refractivity contribution >= 4 is 16.9 Å². The molecule has 0 saturated carbocycles. The van der Waals surface area contributed by atoms with E-state index < -0.39 is 12.0 Å². The lowest BCUT2D eigenvalue weighted by Gasteiger charge is -2.32. The monoisotopic (exact) mass is 438 g/mol. The number of pyridine rings is 1. The van der Waals surface area contributed by atoms with E-state index in [4.69, 9.17) is 4.74 Å². The number of aliphatic carboxylic acids is 1. The Morgan fingerprint density at radius 2 is 1.82 bits per heavy atom. The molecule has 5 heteroatoms. The Labute approximate surface area is 193 Å². The van der Waals surface area contributed by atoms with E-state index in [-0.39, 0.29) is 6.04 Å². The highest BCUT2D eigenvalue weighted by atomic mass is 16.5. The van der Waals surface area contributed by atoms with Crippen molar-refractivity contribution in [2.75, 3.05) is 6.54 Å². The van der Waals surface area contributed by atoms with Crippen molar-refractivity contribution in [1.82, 2.24) is 9.88 Å². The normalized spacial score (nSPS) is 17.2. The van der Waals surface area contributed by atoms with Crippen LogP contribution in [0.15, 0.2) is 91.1 Å². The summed E-state index contributed by atoms with van der Waals surface area (Å²) in [5, 5.41) is 10.9. The maximum Gasteiger partial charge on any atom is 0.320 e. The molecule has 0 radical (unpaired) electrons. The molecule has 1 aromatic heterocycles. The van der Waals surface area contributed by atoms with Crippen LogP contribution in [0.4, 0.5) is 0 Å². The van der Waals surface area contributed by atoms with Gasteiger partial charge in [0.2, 0.25) is 0 Å². The second-order valence-electron chi connectivity index (χ2n) is 8.44. The summed E-state index contributed by atoms with van der Waals surface area (Å²) >= 11 is 0. The maximum absolute atomic E-state index is 12.0. The van der Waals surface area contributed by atoms with Crippen LogP contribution in [0.25, 0.3) is 10.9 Å². The SMILES string of the molecule is O=C(O)C1CCCN1C(c1cccc(OCc2ccccc2)c1)c1cnc2ccccc2c1. The number of hydrogen-bond acceptors (Lipinski definition) is 4. The van der Waals surface area contributed by atoms with Gasteiger partial charge in [-0.2, -0.15) is 0 Å². The van der Waals surface area contributed by atoms with Crippen molar-refractivity contribution < 1.29 is 14.6 Å². The highest BCUT2D eigenvalue weighted by molar-refractivity contribution is 5.79. The molecule has 5 nitrogen and oxygen atoms in total. The molecule has 3 aromatic carbocycles. The van der Waals surface area contributed by atoms with Crippen LogP contribution >= 0.6 is 0 Å². The van der Waals surface area contributed by atoms with Crippen LogP contribution in [0.5, 0.6) is 5.75 Å². The van der Waals surface area contributed by atoms with E-state index in [9.17, 15) is 9.90 Å². The minimum atomic E-state index is -0.775. The van der Waals surface area contributed by atoms with Crippen molar-refractivity contribution in [2.45, 2.75) is 31.5 Å². The smallest absolute Gasteiger partial charge is 0.320 e. The number of hydrogen-bond donors (Lipinski definition) is 1. The van der Waals surface area contributed by atoms with E-state index in [1.165, 1.54) is 0 Å². The lowest BCUT2D eigenvalue weighted by atomic mass is 9.96. The van der Waals surface area contributed by atoms with E-state index in [1.54, 1.807) is 0 Å². The minimum Gasteiger partial charge on any atom is -0.489 e. The number of likely N-dealkylation sites (tertiary alicyclic amines) is 1. The first-order valence-corrected chi connectivity index (χ1v) is 11.3. The van der Waals surface area contributed by atoms with Crippen LogP contribution in [0, 0.1) is 0 Å². The van der Waals surface area contributed by atoms with E-state index in [0.717, 1.165) is 46.3 Å². The summed E-state index contributed by atoms with van der Waals surface area (Å²) in [4.78, 5) is 18.8. The molecule has 1 saturated heterocycles. The fraction of sp³-hybridized carbons (Fsp3) is 0.214. The van der Waals surface area contributed by atoms with Crippen LogP contribution in [0.2, 0.25) is 0 Å². The molecule has 1 aliphatic heterocycles. The molecule has 1 fully saturated rings. The molecular weight excluding hydrogens is 412 g/mol. The summed E-state index contributed by atoms with van der Waals surface area (Å²) in [5.74, 6) is -0.0103. The predicted molar refractivity (Wildman–Crippen MR) is 128 cm³/mol. The zero-order valence-electron chi connectivity index (χ0n) is 18.3. The molecule has 0 spiro atoms. The Morgan fingerprint density at radius 3 is 2.67 bits per heavy atom. The molecule has 0 bridgehead atoms. The van der Waals surface area contributed by atoms with Gasteiger partial charge in [-0.3, -0.25) is 14.7 Å². The summed E-state index contributed by atoms with van der Waals surface area (Å²) in [5.41, 5.74) is 4.02. The van der Waals surface area contributed by atoms with Gasteiger partial charge in [-0.05, 0) is 53.8 Å². The van der Waals surface area contributed by atoms with E-state index in [1.807, 2.05) is 85.1 Å². The molecule has 0 amide bonds. The van der Waals surface area contributed by atoms with Crippen LogP contribution in [0.3, 0.4) is 0 Å². The molecule has 4 aromatic rings. The fourth-order valence-corrected chi connectivity index (χ4v) is 4.69. The third-order valence-electron chi connectivity index (χ3n) is 6.26. The molecule has 2 atom stereocenters. The maximum atomic E-state index is 12.0. The number of para-hydroxylation sites is 1. The van der Waals surface area contributed by atoms with E-state index in [0.29, 0.717) is 13.0 Å². The largest absolute Gasteiger partial charge is 0.489 e. The quantitative estimate of drug-likeness (QED) is 0.416. The third-order valence-corrected chi connectivity index (χ3v) is 6.26. The first-order chi connectivity index (χ1) is 16.2. The van der Waals surface area contributed by atoms with Crippen molar-refractivity contribution in [1.29, 1.82) is 0 Å². The molecule has 2 unspecified atom stereocenters. The third kappa shape index (κ3) is 4.59. The van der Waals surface area contributed by atoms with Crippen LogP contribution < -0.4 is 4.74 Å². The molecule has 5 rings (SSSR count). The summed E-state index contributed by atoms with van der Waals surface area (Å²) in [7, 11) is 0. The number of nitrogens with zero attached hydrogens (tertiary/aromatic N) is 2. The van der Waals surface area contributed by atoms with E-state index in [2.05, 4.69) is 16.0 Å². The topological polar surface area (TPSA) is 62.7 Å². The first-order valence-electron chi connectivity index (χ1n) is 11.3. The fourth-order valence-electron chi connectivity index (χ4n) is 4.69. The van der Waals surface area contributed by atoms with Crippen LogP contribution in [0.1, 0.15) is 35.6 Å². The number of carboxylic acids is 1. The van der Waals surface area contributed by atoms with Crippen molar-refractivity contribution in [2.24, 2.45) is 0 Å². The van der Waals surface area contributed by atoms with Gasteiger partial charge >= 0.3 is 5.97 Å². The van der Waals surface area contributed by atoms with Crippen molar-refractivity contribution in [3.05, 3.63) is 108 Å². The molecule has 1 aliphatic rings. The number of aromatic nitrogens is 1. The number of benzene rings is 3. The highest BCUT2D eigenvalue weighted by Gasteiger charge is 2.37. The van der Waals surface area contributed by atoms with Gasteiger partial charge in [0.1, 0.15) is 18.4 Å². The standard InChI is InChI=1S/C28H26N2O3/c31-28(32)26-14-7-15-30(26)27(23-16-21-10-4-5-13-25(21)29-18-23)22-11-6-12-24(17-22)33-19-20-8-2-1-3-9-20/h1-6,8-13,16-18,26-27H,7,14-15,19H2,(H,31,32). The highest BCUT2D eigenvalue weighted by Crippen LogP contribution is 2.36. The Morgan fingerprint density at radius 1 is 1.00 bits per heavy atom. The van der Waals surface area contributed by atoms with Crippen LogP contribution in [-0.4, -0.2) is 33.5 Å². The number of carbonyl (C=O) groups is 1. The average molecular weight is 439 g/mol. The molecule has 2 heterocycles. The van der Waals surface area contributed by atoms with Gasteiger partial charge in [0, 0.05) is 18.1 Å². The molecule has 166 valence electrons. The lowest BCUT2D eigenvalue weighted by molar-refractivity contribution is -0.142. The van der Waals surface area contributed by atoms with Gasteiger partial charge in [0.05, 0.1) is 11.6 Å². The van der Waals surface area contributed by atoms with Gasteiger partial charge in [-0.1, -0.05) is 60.7 Å². The van der Waals surface area contributed by atoms with Gasteiger partial charge in [-0.15, -0.1) is 0 Å². The van der Waals surface area contributed by atoms with Gasteiger partial charge in [0.25, 0.3) is 0 Å². The van der Waals surface area contributed by atoms with Crippen molar-refractivity contribution in [3.8, 4) is 5.75 Å². The second kappa shape index (κ2) is 9.43. The summed E-state index contributed by atoms with van der Waals surface area (Å²) in [6.07, 6.45) is 3.39. The van der Waals surface area contributed by atoms with Gasteiger partial charge in [-0.25, -0.2) is 0 Å². The Kier molecular flexibility index (Phi) is 6.05. The van der Waals surface area contributed by atoms with Gasteiger partial charge < -0.3 is 9.84 Å². The number of rotatable bonds is 7. The second-order valence-corrected chi connectivity index (χ2v) is 8.44. The lowest BCUT2D eigenvalue weighted by Crippen LogP contribution is -2.39. The zero-order chi connectivity index (χ0) is 22.6. The Balaban J connectivity index is 1.52. The average Bonchev–Trinajstić information content (AvgIpc) is 3.34. The Bertz CT molecular complexity index is 1260. The van der Waals surface area contributed by atoms with Crippen LogP contribution in [-0.2, 0) is 11.4 Å².